The Morgan fingerprint density at radius 3 is 2.48 bits per heavy atom. The highest BCUT2D eigenvalue weighted by Crippen LogP contribution is 2.29. The third kappa shape index (κ3) is 3.88. The molecular formula is C15H15BrN2O3. The fraction of sp³-hybridized carbons (Fsp3) is 0.133. The van der Waals surface area contributed by atoms with Crippen molar-refractivity contribution in [1.82, 2.24) is 0 Å². The zero-order valence-corrected chi connectivity index (χ0v) is 13.0. The lowest BCUT2D eigenvalue weighted by Crippen LogP contribution is -2.14. The number of benzene rings is 2. The summed E-state index contributed by atoms with van der Waals surface area (Å²) in [5.41, 5.74) is 6.16. The second-order valence-corrected chi connectivity index (χ2v) is 5.05. The first kappa shape index (κ1) is 15.2. The van der Waals surface area contributed by atoms with Crippen molar-refractivity contribution in [2.24, 2.45) is 10.9 Å². The highest BCUT2D eigenvalue weighted by atomic mass is 79.9. The monoisotopic (exact) mass is 350 g/mol. The predicted molar refractivity (Wildman–Crippen MR) is 84.3 cm³/mol. The summed E-state index contributed by atoms with van der Waals surface area (Å²) >= 11 is 3.34. The minimum Gasteiger partial charge on any atom is -0.494 e. The lowest BCUT2D eigenvalue weighted by atomic mass is 10.2. The van der Waals surface area contributed by atoms with Gasteiger partial charge in [-0.2, -0.15) is 0 Å². The molecule has 0 amide bonds. The molecule has 0 bridgehead atoms. The molecule has 0 aliphatic rings. The molecule has 0 unspecified atom stereocenters. The van der Waals surface area contributed by atoms with Crippen LogP contribution in [-0.4, -0.2) is 17.6 Å². The Bertz CT molecular complexity index is 642. The smallest absolute Gasteiger partial charge is 0.173 e. The van der Waals surface area contributed by atoms with Crippen molar-refractivity contribution >= 4 is 21.8 Å². The largest absolute Gasteiger partial charge is 0.494 e. The predicted octanol–water partition coefficient (Wildman–Crippen LogP) is 3.73. The Labute approximate surface area is 131 Å². The fourth-order valence-electron chi connectivity index (χ4n) is 1.74. The number of halogens is 1. The van der Waals surface area contributed by atoms with Crippen molar-refractivity contribution < 1.29 is 14.7 Å². The van der Waals surface area contributed by atoms with Gasteiger partial charge in [0.2, 0.25) is 0 Å². The Morgan fingerprint density at radius 2 is 1.86 bits per heavy atom. The fourth-order valence-corrected chi connectivity index (χ4v) is 2.10. The first-order chi connectivity index (χ1) is 10.1. The molecule has 2 aromatic carbocycles. The molecule has 2 aromatic rings. The molecule has 0 fully saturated rings. The van der Waals surface area contributed by atoms with Gasteiger partial charge in [0.1, 0.15) is 17.2 Å². The molecule has 110 valence electrons. The van der Waals surface area contributed by atoms with Gasteiger partial charge in [0.25, 0.3) is 0 Å². The van der Waals surface area contributed by atoms with Gasteiger partial charge < -0.3 is 20.4 Å². The van der Waals surface area contributed by atoms with Crippen molar-refractivity contribution in [3.05, 3.63) is 52.5 Å². The summed E-state index contributed by atoms with van der Waals surface area (Å²) in [5.74, 6) is 1.89. The van der Waals surface area contributed by atoms with E-state index in [4.69, 9.17) is 20.4 Å². The van der Waals surface area contributed by atoms with Gasteiger partial charge in [-0.25, -0.2) is 0 Å². The zero-order chi connectivity index (χ0) is 15.2. The highest BCUT2D eigenvalue weighted by molar-refractivity contribution is 9.10. The Morgan fingerprint density at radius 1 is 1.19 bits per heavy atom. The number of amidine groups is 1. The van der Waals surface area contributed by atoms with Crippen molar-refractivity contribution in [2.75, 3.05) is 6.61 Å². The summed E-state index contributed by atoms with van der Waals surface area (Å²) in [6.45, 7) is 2.54. The second-order valence-electron chi connectivity index (χ2n) is 4.13. The molecule has 0 atom stereocenters. The van der Waals surface area contributed by atoms with Crippen LogP contribution >= 0.6 is 15.9 Å². The molecule has 5 nitrogen and oxygen atoms in total. The molecule has 6 heteroatoms. The number of oxime groups is 1. The molecule has 0 saturated carbocycles. The summed E-state index contributed by atoms with van der Waals surface area (Å²) in [4.78, 5) is 0. The van der Waals surface area contributed by atoms with Crippen LogP contribution in [0.5, 0.6) is 17.2 Å². The molecule has 2 rings (SSSR count). The molecule has 0 aliphatic heterocycles. The summed E-state index contributed by atoms with van der Waals surface area (Å²) in [6.07, 6.45) is 0. The van der Waals surface area contributed by atoms with Gasteiger partial charge in [0.15, 0.2) is 5.84 Å². The number of ether oxygens (including phenoxy) is 2. The van der Waals surface area contributed by atoms with Gasteiger partial charge in [-0.05, 0) is 49.4 Å². The summed E-state index contributed by atoms with van der Waals surface area (Å²) in [7, 11) is 0. The Balaban J connectivity index is 2.26. The van der Waals surface area contributed by atoms with E-state index in [2.05, 4.69) is 21.1 Å². The second kappa shape index (κ2) is 6.99. The van der Waals surface area contributed by atoms with Crippen LogP contribution in [-0.2, 0) is 0 Å². The molecular weight excluding hydrogens is 336 g/mol. The van der Waals surface area contributed by atoms with Crippen molar-refractivity contribution in [2.45, 2.75) is 6.92 Å². The van der Waals surface area contributed by atoms with Gasteiger partial charge in [0.05, 0.1) is 12.2 Å². The van der Waals surface area contributed by atoms with E-state index in [0.29, 0.717) is 23.7 Å². The van der Waals surface area contributed by atoms with E-state index in [1.165, 1.54) is 0 Å². The van der Waals surface area contributed by atoms with Crippen LogP contribution in [0.4, 0.5) is 0 Å². The number of nitrogens with two attached hydrogens (primary N) is 1. The molecule has 0 heterocycles. The first-order valence-electron chi connectivity index (χ1n) is 6.32. The van der Waals surface area contributed by atoms with Gasteiger partial charge in [-0.15, -0.1) is 0 Å². The molecule has 21 heavy (non-hydrogen) atoms. The maximum atomic E-state index is 8.84. The van der Waals surface area contributed by atoms with Crippen LogP contribution in [0.15, 0.2) is 52.1 Å². The molecule has 0 spiro atoms. The van der Waals surface area contributed by atoms with Gasteiger partial charge in [0, 0.05) is 4.47 Å². The molecule has 0 aliphatic carbocycles. The van der Waals surface area contributed by atoms with Crippen LogP contribution in [0.3, 0.4) is 0 Å². The third-order valence-corrected chi connectivity index (χ3v) is 3.18. The van der Waals surface area contributed by atoms with Gasteiger partial charge in [-0.1, -0.05) is 21.1 Å². The lowest BCUT2D eigenvalue weighted by Gasteiger charge is -2.11. The standard InChI is InChI=1S/C15H15BrN2O3/c1-2-20-11-4-6-12(7-5-11)21-14-8-3-10(16)9-13(14)15(17)18-19/h3-9,19H,2H2,1H3,(H2,17,18). The SMILES string of the molecule is CCOc1ccc(Oc2ccc(Br)cc2/C(N)=N/O)cc1. The van der Waals surface area contributed by atoms with Crippen LogP contribution in [0.1, 0.15) is 12.5 Å². The van der Waals surface area contributed by atoms with Gasteiger partial charge in [-0.3, -0.25) is 0 Å². The first-order valence-corrected chi connectivity index (χ1v) is 7.11. The van der Waals surface area contributed by atoms with E-state index in [0.717, 1.165) is 10.2 Å². The van der Waals surface area contributed by atoms with E-state index in [1.807, 2.05) is 25.1 Å². The Kier molecular flexibility index (Phi) is 5.05. The van der Waals surface area contributed by atoms with Crippen molar-refractivity contribution in [1.29, 1.82) is 0 Å². The van der Waals surface area contributed by atoms with Crippen molar-refractivity contribution in [3.63, 3.8) is 0 Å². The van der Waals surface area contributed by atoms with Crippen LogP contribution in [0, 0.1) is 0 Å². The highest BCUT2D eigenvalue weighted by Gasteiger charge is 2.10. The van der Waals surface area contributed by atoms with E-state index < -0.39 is 0 Å². The minimum absolute atomic E-state index is 0.0164. The Hall–Kier alpha value is -2.21. The van der Waals surface area contributed by atoms with E-state index in [9.17, 15) is 0 Å². The average molecular weight is 351 g/mol. The van der Waals surface area contributed by atoms with Crippen molar-refractivity contribution in [3.8, 4) is 17.2 Å². The number of hydrogen-bond donors (Lipinski definition) is 2. The molecule has 0 aromatic heterocycles. The van der Waals surface area contributed by atoms with Crippen LogP contribution in [0.2, 0.25) is 0 Å². The number of nitrogens with zero attached hydrogens (tertiary/aromatic N) is 1. The summed E-state index contributed by atoms with van der Waals surface area (Å²) in [5, 5.41) is 11.9. The molecule has 3 N–H and O–H groups in total. The van der Waals surface area contributed by atoms with Crippen LogP contribution in [0.25, 0.3) is 0 Å². The van der Waals surface area contributed by atoms with E-state index in [1.54, 1.807) is 24.3 Å². The number of rotatable bonds is 5. The van der Waals surface area contributed by atoms with Crippen LogP contribution < -0.4 is 15.2 Å². The zero-order valence-electron chi connectivity index (χ0n) is 11.4. The summed E-state index contributed by atoms with van der Waals surface area (Å²) in [6, 6.07) is 12.5. The number of hydrogen-bond acceptors (Lipinski definition) is 4. The normalized spacial score (nSPS) is 11.2. The summed E-state index contributed by atoms with van der Waals surface area (Å²) < 4.78 is 12.0. The maximum absolute atomic E-state index is 8.84. The van der Waals surface area contributed by atoms with E-state index >= 15 is 0 Å². The molecule has 0 radical (unpaired) electrons. The quantitative estimate of drug-likeness (QED) is 0.372. The average Bonchev–Trinajstić information content (AvgIpc) is 2.50. The third-order valence-electron chi connectivity index (χ3n) is 2.69. The lowest BCUT2D eigenvalue weighted by molar-refractivity contribution is 0.318. The molecule has 0 saturated heterocycles. The minimum atomic E-state index is -0.0164. The van der Waals surface area contributed by atoms with E-state index in [-0.39, 0.29) is 5.84 Å². The van der Waals surface area contributed by atoms with Gasteiger partial charge >= 0.3 is 0 Å². The topological polar surface area (TPSA) is 77.1 Å². The maximum Gasteiger partial charge on any atom is 0.173 e.